The van der Waals surface area contributed by atoms with Crippen molar-refractivity contribution in [3.8, 4) is 11.3 Å². The summed E-state index contributed by atoms with van der Waals surface area (Å²) in [6.07, 6.45) is 1.23. The van der Waals surface area contributed by atoms with Crippen LogP contribution in [0.25, 0.3) is 11.3 Å². The van der Waals surface area contributed by atoms with Gasteiger partial charge in [0.15, 0.2) is 0 Å². The summed E-state index contributed by atoms with van der Waals surface area (Å²) in [7, 11) is 0. The zero-order valence-electron chi connectivity index (χ0n) is 12.5. The van der Waals surface area contributed by atoms with Crippen LogP contribution in [-0.4, -0.2) is 11.1 Å². The zero-order valence-corrected chi connectivity index (χ0v) is 12.5. The molecule has 3 rings (SSSR count). The Morgan fingerprint density at radius 2 is 1.65 bits per heavy atom. The van der Waals surface area contributed by atoms with E-state index in [1.807, 2.05) is 72.8 Å². The fourth-order valence-corrected chi connectivity index (χ4v) is 2.21. The van der Waals surface area contributed by atoms with Gasteiger partial charge in [0, 0.05) is 11.8 Å². The highest BCUT2D eigenvalue weighted by Crippen LogP contribution is 2.25. The van der Waals surface area contributed by atoms with Crippen LogP contribution in [0.3, 0.4) is 0 Å². The summed E-state index contributed by atoms with van der Waals surface area (Å²) in [5.41, 5.74) is 3.26. The molecule has 2 aromatic carbocycles. The van der Waals surface area contributed by atoms with E-state index in [-0.39, 0.29) is 6.61 Å². The topological polar surface area (TPSA) is 51.2 Å². The summed E-state index contributed by atoms with van der Waals surface area (Å²) in [4.78, 5) is 16.3. The number of hydrogen-bond acceptors (Lipinski definition) is 3. The van der Waals surface area contributed by atoms with Crippen LogP contribution in [0.2, 0.25) is 0 Å². The monoisotopic (exact) mass is 304 g/mol. The summed E-state index contributed by atoms with van der Waals surface area (Å²) in [5.74, 6) is 0. The van der Waals surface area contributed by atoms with Gasteiger partial charge in [0.05, 0.1) is 11.4 Å². The number of carbonyl (C=O) groups is 1. The highest BCUT2D eigenvalue weighted by atomic mass is 16.5. The first-order valence-corrected chi connectivity index (χ1v) is 7.31. The Balaban J connectivity index is 1.69. The Hall–Kier alpha value is -3.14. The first kappa shape index (κ1) is 14.8. The van der Waals surface area contributed by atoms with Crippen molar-refractivity contribution < 1.29 is 9.53 Å². The molecule has 0 fully saturated rings. The Morgan fingerprint density at radius 3 is 2.43 bits per heavy atom. The van der Waals surface area contributed by atoms with Gasteiger partial charge >= 0.3 is 6.09 Å². The van der Waals surface area contributed by atoms with Gasteiger partial charge in [-0.2, -0.15) is 0 Å². The first-order chi connectivity index (χ1) is 11.3. The van der Waals surface area contributed by atoms with E-state index in [2.05, 4.69) is 10.3 Å². The second-order valence-electron chi connectivity index (χ2n) is 4.95. The second-order valence-corrected chi connectivity index (χ2v) is 4.95. The molecule has 0 saturated heterocycles. The first-order valence-electron chi connectivity index (χ1n) is 7.31. The van der Waals surface area contributed by atoms with Crippen LogP contribution in [0, 0.1) is 0 Å². The lowest BCUT2D eigenvalue weighted by molar-refractivity contribution is 0.155. The number of nitrogens with zero attached hydrogens (tertiary/aromatic N) is 1. The molecular formula is C19H16N2O2. The fourth-order valence-electron chi connectivity index (χ4n) is 2.21. The molecule has 0 atom stereocenters. The summed E-state index contributed by atoms with van der Waals surface area (Å²) < 4.78 is 5.25. The molecule has 1 aromatic heterocycles. The van der Waals surface area contributed by atoms with Crippen molar-refractivity contribution in [3.05, 3.63) is 84.6 Å². The summed E-state index contributed by atoms with van der Waals surface area (Å²) >= 11 is 0. The Morgan fingerprint density at radius 1 is 0.913 bits per heavy atom. The Labute approximate surface area is 134 Å². The molecule has 23 heavy (non-hydrogen) atoms. The molecule has 3 aromatic rings. The molecule has 0 aliphatic heterocycles. The molecule has 0 aliphatic rings. The van der Waals surface area contributed by atoms with Gasteiger partial charge in [-0.1, -0.05) is 54.6 Å². The summed E-state index contributed by atoms with van der Waals surface area (Å²) in [6.45, 7) is 0.235. The van der Waals surface area contributed by atoms with E-state index in [9.17, 15) is 4.79 Å². The molecule has 0 aliphatic carbocycles. The fraction of sp³-hybridized carbons (Fsp3) is 0.0526. The van der Waals surface area contributed by atoms with Gasteiger partial charge in [0.2, 0.25) is 0 Å². The second kappa shape index (κ2) is 7.22. The Bertz CT molecular complexity index is 774. The number of anilines is 1. The number of aromatic nitrogens is 1. The summed E-state index contributed by atoms with van der Waals surface area (Å²) in [6, 6.07) is 22.7. The van der Waals surface area contributed by atoms with Gasteiger partial charge in [-0.3, -0.25) is 10.3 Å². The van der Waals surface area contributed by atoms with Crippen molar-refractivity contribution in [2.24, 2.45) is 0 Å². The number of rotatable bonds is 4. The van der Waals surface area contributed by atoms with Gasteiger partial charge in [-0.15, -0.1) is 0 Å². The zero-order chi connectivity index (χ0) is 15.9. The van der Waals surface area contributed by atoms with E-state index in [4.69, 9.17) is 4.74 Å². The predicted octanol–water partition coefficient (Wildman–Crippen LogP) is 4.50. The number of para-hydroxylation sites is 1. The van der Waals surface area contributed by atoms with E-state index < -0.39 is 6.09 Å². The van der Waals surface area contributed by atoms with E-state index in [0.717, 1.165) is 16.8 Å². The minimum absolute atomic E-state index is 0.235. The van der Waals surface area contributed by atoms with E-state index in [0.29, 0.717) is 5.69 Å². The maximum Gasteiger partial charge on any atom is 0.411 e. The minimum Gasteiger partial charge on any atom is -0.444 e. The maximum absolute atomic E-state index is 12.0. The molecule has 1 N–H and O–H groups in total. The highest BCUT2D eigenvalue weighted by molar-refractivity contribution is 5.90. The predicted molar refractivity (Wildman–Crippen MR) is 89.9 cm³/mol. The molecule has 0 saturated carbocycles. The molecule has 0 radical (unpaired) electrons. The van der Waals surface area contributed by atoms with Crippen LogP contribution in [0.1, 0.15) is 5.56 Å². The average Bonchev–Trinajstić information content (AvgIpc) is 2.62. The van der Waals surface area contributed by atoms with Crippen LogP contribution in [0.4, 0.5) is 10.5 Å². The van der Waals surface area contributed by atoms with Gasteiger partial charge in [0.1, 0.15) is 6.61 Å². The molecule has 1 amide bonds. The summed E-state index contributed by atoms with van der Waals surface area (Å²) in [5, 5.41) is 2.78. The Kier molecular flexibility index (Phi) is 4.64. The largest absolute Gasteiger partial charge is 0.444 e. The van der Waals surface area contributed by atoms with Crippen molar-refractivity contribution in [1.29, 1.82) is 0 Å². The van der Waals surface area contributed by atoms with Crippen LogP contribution >= 0.6 is 0 Å². The molecule has 0 spiro atoms. The number of carbonyl (C=O) groups excluding carboxylic acids is 1. The molecule has 114 valence electrons. The van der Waals surface area contributed by atoms with Crippen molar-refractivity contribution in [2.75, 3.05) is 5.32 Å². The molecule has 0 unspecified atom stereocenters. The number of nitrogens with one attached hydrogen (secondary N) is 1. The van der Waals surface area contributed by atoms with Crippen LogP contribution in [0.5, 0.6) is 0 Å². The van der Waals surface area contributed by atoms with Gasteiger partial charge in [-0.25, -0.2) is 4.79 Å². The van der Waals surface area contributed by atoms with Gasteiger partial charge in [-0.05, 0) is 23.8 Å². The molecule has 4 nitrogen and oxygen atoms in total. The van der Waals surface area contributed by atoms with Crippen LogP contribution in [0.15, 0.2) is 79.0 Å². The number of amides is 1. The van der Waals surface area contributed by atoms with Crippen LogP contribution in [-0.2, 0) is 11.3 Å². The SMILES string of the molecule is O=C(Nc1ccccc1-c1ccccn1)OCc1ccccc1. The maximum atomic E-state index is 12.0. The van der Waals surface area contributed by atoms with Crippen molar-refractivity contribution >= 4 is 11.8 Å². The smallest absolute Gasteiger partial charge is 0.411 e. The number of pyridine rings is 1. The van der Waals surface area contributed by atoms with Crippen LogP contribution < -0.4 is 5.32 Å². The number of hydrogen-bond donors (Lipinski definition) is 1. The van der Waals surface area contributed by atoms with Gasteiger partial charge in [0.25, 0.3) is 0 Å². The number of ether oxygens (including phenoxy) is 1. The average molecular weight is 304 g/mol. The van der Waals surface area contributed by atoms with Crippen molar-refractivity contribution in [1.82, 2.24) is 4.98 Å². The lowest BCUT2D eigenvalue weighted by Gasteiger charge is -2.11. The third kappa shape index (κ3) is 3.95. The van der Waals surface area contributed by atoms with Crippen molar-refractivity contribution in [2.45, 2.75) is 6.61 Å². The molecule has 1 heterocycles. The third-order valence-corrected chi connectivity index (χ3v) is 3.32. The quantitative estimate of drug-likeness (QED) is 0.772. The molecule has 4 heteroatoms. The lowest BCUT2D eigenvalue weighted by atomic mass is 10.1. The van der Waals surface area contributed by atoms with E-state index >= 15 is 0 Å². The van der Waals surface area contributed by atoms with Crippen molar-refractivity contribution in [3.63, 3.8) is 0 Å². The van der Waals surface area contributed by atoms with E-state index in [1.54, 1.807) is 6.20 Å². The molecular weight excluding hydrogens is 288 g/mol. The van der Waals surface area contributed by atoms with Gasteiger partial charge < -0.3 is 4.74 Å². The minimum atomic E-state index is -0.489. The third-order valence-electron chi connectivity index (χ3n) is 3.32. The lowest BCUT2D eigenvalue weighted by Crippen LogP contribution is -2.14. The molecule has 0 bridgehead atoms. The highest BCUT2D eigenvalue weighted by Gasteiger charge is 2.09. The van der Waals surface area contributed by atoms with E-state index in [1.165, 1.54) is 0 Å². The number of benzene rings is 2. The standard InChI is InChI=1S/C19H16N2O2/c22-19(23-14-15-8-2-1-3-9-15)21-18-12-5-4-10-16(18)17-11-6-7-13-20-17/h1-13H,14H2,(H,21,22). The normalized spacial score (nSPS) is 10.1.